The second kappa shape index (κ2) is 9.47. The van der Waals surface area contributed by atoms with Crippen molar-refractivity contribution in [1.82, 2.24) is 20.4 Å². The molecule has 0 bridgehead atoms. The van der Waals surface area contributed by atoms with E-state index in [1.54, 1.807) is 14.2 Å². The van der Waals surface area contributed by atoms with Gasteiger partial charge in [-0.2, -0.15) is 4.98 Å². The predicted molar refractivity (Wildman–Crippen MR) is 111 cm³/mol. The van der Waals surface area contributed by atoms with Crippen LogP contribution in [0.3, 0.4) is 0 Å². The fraction of sp³-hybridized carbons (Fsp3) is 0.591. The number of piperidine rings is 1. The lowest BCUT2D eigenvalue weighted by Crippen LogP contribution is -2.45. The second-order valence-electron chi connectivity index (χ2n) is 8.15. The van der Waals surface area contributed by atoms with E-state index in [2.05, 4.69) is 20.4 Å². The van der Waals surface area contributed by atoms with Crippen molar-refractivity contribution in [2.24, 2.45) is 5.92 Å². The van der Waals surface area contributed by atoms with Gasteiger partial charge >= 0.3 is 0 Å². The maximum Gasteiger partial charge on any atom is 0.241 e. The van der Waals surface area contributed by atoms with Crippen molar-refractivity contribution in [3.05, 3.63) is 24.1 Å². The number of nitrogens with zero attached hydrogens (tertiary/aromatic N) is 3. The maximum atomic E-state index is 12.6. The van der Waals surface area contributed by atoms with Crippen LogP contribution >= 0.6 is 0 Å². The SMILES string of the molecule is COc1ccc(-c2noc(CN3CCCC(C(=O)NC4CCCC4)C3)n2)cc1OC. The Bertz CT molecular complexity index is 863. The van der Waals surface area contributed by atoms with E-state index in [-0.39, 0.29) is 11.8 Å². The van der Waals surface area contributed by atoms with Crippen LogP contribution in [0.25, 0.3) is 11.4 Å². The zero-order valence-corrected chi connectivity index (χ0v) is 17.7. The Labute approximate surface area is 176 Å². The number of nitrogens with one attached hydrogen (secondary N) is 1. The van der Waals surface area contributed by atoms with Gasteiger partial charge < -0.3 is 19.3 Å². The van der Waals surface area contributed by atoms with Crippen molar-refractivity contribution < 1.29 is 18.8 Å². The number of aromatic nitrogens is 2. The molecule has 1 aliphatic carbocycles. The van der Waals surface area contributed by atoms with Crippen LogP contribution in [0.1, 0.15) is 44.4 Å². The molecule has 2 fully saturated rings. The number of amides is 1. The summed E-state index contributed by atoms with van der Waals surface area (Å²) in [6.45, 7) is 2.21. The monoisotopic (exact) mass is 414 g/mol. The number of rotatable bonds is 7. The third-order valence-electron chi connectivity index (χ3n) is 6.05. The van der Waals surface area contributed by atoms with E-state index < -0.39 is 0 Å². The topological polar surface area (TPSA) is 89.7 Å². The predicted octanol–water partition coefficient (Wildman–Crippen LogP) is 3.02. The third-order valence-corrected chi connectivity index (χ3v) is 6.05. The molecule has 1 unspecified atom stereocenters. The highest BCUT2D eigenvalue weighted by atomic mass is 16.5. The Kier molecular flexibility index (Phi) is 6.52. The molecular weight excluding hydrogens is 384 g/mol. The summed E-state index contributed by atoms with van der Waals surface area (Å²) in [5.74, 6) is 2.57. The van der Waals surface area contributed by atoms with Crippen LogP contribution in [-0.2, 0) is 11.3 Å². The summed E-state index contributed by atoms with van der Waals surface area (Å²) in [7, 11) is 3.20. The Morgan fingerprint density at radius 1 is 1.17 bits per heavy atom. The average molecular weight is 415 g/mol. The summed E-state index contributed by atoms with van der Waals surface area (Å²) in [5.41, 5.74) is 0.801. The quantitative estimate of drug-likeness (QED) is 0.745. The van der Waals surface area contributed by atoms with Crippen LogP contribution in [-0.4, -0.2) is 54.3 Å². The van der Waals surface area contributed by atoms with Gasteiger partial charge in [-0.15, -0.1) is 0 Å². The molecule has 1 aromatic heterocycles. The number of carbonyl (C=O) groups excluding carboxylic acids is 1. The number of hydrogen-bond acceptors (Lipinski definition) is 7. The number of methoxy groups -OCH3 is 2. The largest absolute Gasteiger partial charge is 0.493 e. The Balaban J connectivity index is 1.36. The Morgan fingerprint density at radius 3 is 2.73 bits per heavy atom. The van der Waals surface area contributed by atoms with Gasteiger partial charge in [-0.1, -0.05) is 18.0 Å². The number of hydrogen-bond donors (Lipinski definition) is 1. The molecule has 4 rings (SSSR count). The molecular formula is C22H30N4O4. The van der Waals surface area contributed by atoms with Crippen LogP contribution in [0.15, 0.2) is 22.7 Å². The molecule has 1 N–H and O–H groups in total. The molecule has 1 atom stereocenters. The summed E-state index contributed by atoms with van der Waals surface area (Å²) < 4.78 is 16.1. The van der Waals surface area contributed by atoms with Gasteiger partial charge in [-0.05, 0) is 50.4 Å². The first-order valence-electron chi connectivity index (χ1n) is 10.7. The first-order chi connectivity index (χ1) is 14.7. The lowest BCUT2D eigenvalue weighted by molar-refractivity contribution is -0.127. The highest BCUT2D eigenvalue weighted by molar-refractivity contribution is 5.79. The van der Waals surface area contributed by atoms with Crippen LogP contribution in [0.2, 0.25) is 0 Å². The molecule has 2 aromatic rings. The van der Waals surface area contributed by atoms with Gasteiger partial charge in [0.2, 0.25) is 17.6 Å². The van der Waals surface area contributed by atoms with Gasteiger partial charge in [-0.3, -0.25) is 9.69 Å². The van der Waals surface area contributed by atoms with E-state index >= 15 is 0 Å². The van der Waals surface area contributed by atoms with E-state index in [0.29, 0.717) is 35.8 Å². The van der Waals surface area contributed by atoms with Crippen LogP contribution in [0.4, 0.5) is 0 Å². The molecule has 1 saturated heterocycles. The smallest absolute Gasteiger partial charge is 0.241 e. The molecule has 30 heavy (non-hydrogen) atoms. The molecule has 1 aromatic carbocycles. The summed E-state index contributed by atoms with van der Waals surface area (Å²) in [4.78, 5) is 19.4. The lowest BCUT2D eigenvalue weighted by Gasteiger charge is -2.31. The Hall–Kier alpha value is -2.61. The minimum atomic E-state index is 0.0348. The second-order valence-corrected chi connectivity index (χ2v) is 8.15. The number of likely N-dealkylation sites (tertiary alicyclic amines) is 1. The summed E-state index contributed by atoms with van der Waals surface area (Å²) in [6.07, 6.45) is 6.62. The third kappa shape index (κ3) is 4.75. The van der Waals surface area contributed by atoms with Crippen molar-refractivity contribution in [1.29, 1.82) is 0 Å². The molecule has 8 nitrogen and oxygen atoms in total. The van der Waals surface area contributed by atoms with E-state index in [4.69, 9.17) is 14.0 Å². The first kappa shape index (κ1) is 20.7. The van der Waals surface area contributed by atoms with Gasteiger partial charge in [-0.25, -0.2) is 0 Å². The average Bonchev–Trinajstić information content (AvgIpc) is 3.45. The molecule has 0 radical (unpaired) electrons. The van der Waals surface area contributed by atoms with Crippen molar-refractivity contribution >= 4 is 5.91 Å². The normalized spacial score (nSPS) is 20.3. The van der Waals surface area contributed by atoms with E-state index in [0.717, 1.165) is 44.3 Å². The van der Waals surface area contributed by atoms with Gasteiger partial charge in [0.15, 0.2) is 11.5 Å². The standard InChI is InChI=1S/C22H30N4O4/c1-28-18-10-9-15(12-19(18)29-2)21-24-20(30-25-21)14-26-11-5-6-16(13-26)22(27)23-17-7-3-4-8-17/h9-10,12,16-17H,3-8,11,13-14H2,1-2H3,(H,23,27). The molecule has 8 heteroatoms. The van der Waals surface area contributed by atoms with E-state index in [1.807, 2.05) is 18.2 Å². The van der Waals surface area contributed by atoms with Crippen molar-refractivity contribution in [3.8, 4) is 22.9 Å². The van der Waals surface area contributed by atoms with Crippen LogP contribution in [0.5, 0.6) is 11.5 Å². The Morgan fingerprint density at radius 2 is 1.97 bits per heavy atom. The van der Waals surface area contributed by atoms with E-state index in [9.17, 15) is 4.79 Å². The minimum absolute atomic E-state index is 0.0348. The number of benzene rings is 1. The minimum Gasteiger partial charge on any atom is -0.493 e. The van der Waals surface area contributed by atoms with Crippen LogP contribution < -0.4 is 14.8 Å². The molecule has 1 saturated carbocycles. The van der Waals surface area contributed by atoms with Gasteiger partial charge in [0, 0.05) is 18.2 Å². The summed E-state index contributed by atoms with van der Waals surface area (Å²) in [6, 6.07) is 5.90. The van der Waals surface area contributed by atoms with Crippen molar-refractivity contribution in [2.45, 2.75) is 51.1 Å². The fourth-order valence-corrected chi connectivity index (χ4v) is 4.41. The molecule has 0 spiro atoms. The molecule has 2 aliphatic rings. The number of carbonyl (C=O) groups is 1. The zero-order valence-electron chi connectivity index (χ0n) is 17.7. The van der Waals surface area contributed by atoms with Crippen molar-refractivity contribution in [3.63, 3.8) is 0 Å². The van der Waals surface area contributed by atoms with Gasteiger partial charge in [0.05, 0.1) is 26.7 Å². The van der Waals surface area contributed by atoms with Gasteiger partial charge in [0.25, 0.3) is 0 Å². The number of ether oxygens (including phenoxy) is 2. The van der Waals surface area contributed by atoms with Crippen LogP contribution in [0, 0.1) is 5.92 Å². The zero-order chi connectivity index (χ0) is 20.9. The lowest BCUT2D eigenvalue weighted by atomic mass is 9.96. The van der Waals surface area contributed by atoms with E-state index in [1.165, 1.54) is 12.8 Å². The molecule has 162 valence electrons. The highest BCUT2D eigenvalue weighted by Gasteiger charge is 2.29. The fourth-order valence-electron chi connectivity index (χ4n) is 4.41. The first-order valence-corrected chi connectivity index (χ1v) is 10.7. The molecule has 2 heterocycles. The molecule has 1 amide bonds. The summed E-state index contributed by atoms with van der Waals surface area (Å²) >= 11 is 0. The highest BCUT2D eigenvalue weighted by Crippen LogP contribution is 2.31. The summed E-state index contributed by atoms with van der Waals surface area (Å²) in [5, 5.41) is 7.36. The van der Waals surface area contributed by atoms with Crippen molar-refractivity contribution in [2.75, 3.05) is 27.3 Å². The van der Waals surface area contributed by atoms with Gasteiger partial charge in [0.1, 0.15) is 0 Å². The maximum absolute atomic E-state index is 12.6. The molecule has 1 aliphatic heterocycles.